The third-order valence-corrected chi connectivity index (χ3v) is 7.49. The molecule has 0 aromatic heterocycles. The highest BCUT2D eigenvalue weighted by atomic mass is 32.2. The first-order chi connectivity index (χ1) is 18.7. The van der Waals surface area contributed by atoms with E-state index in [2.05, 4.69) is 15.4 Å². The molecule has 0 aliphatic rings. The van der Waals surface area contributed by atoms with Crippen LogP contribution >= 0.6 is 0 Å². The first-order valence-electron chi connectivity index (χ1n) is 12.3. The summed E-state index contributed by atoms with van der Waals surface area (Å²) in [4.78, 5) is 25.3. The van der Waals surface area contributed by atoms with E-state index in [1.165, 1.54) is 24.3 Å². The first-order valence-corrected chi connectivity index (χ1v) is 13.8. The topological polar surface area (TPSA) is 114 Å². The van der Waals surface area contributed by atoms with Crippen LogP contribution in [0.1, 0.15) is 38.8 Å². The van der Waals surface area contributed by atoms with Crippen LogP contribution in [0.25, 0.3) is 0 Å². The third-order valence-electron chi connectivity index (χ3n) is 6.10. The van der Waals surface area contributed by atoms with Gasteiger partial charge in [-0.05, 0) is 111 Å². The zero-order valence-corrected chi connectivity index (χ0v) is 22.6. The van der Waals surface area contributed by atoms with Crippen LogP contribution in [0, 0.1) is 13.8 Å². The minimum atomic E-state index is -3.82. The highest BCUT2D eigenvalue weighted by Gasteiger charge is 2.17. The Morgan fingerprint density at radius 3 is 1.77 bits per heavy atom. The van der Waals surface area contributed by atoms with Gasteiger partial charge in [-0.1, -0.05) is 12.1 Å². The maximum atomic E-state index is 12.8. The molecule has 0 unspecified atom stereocenters. The Morgan fingerprint density at radius 2 is 1.23 bits per heavy atom. The minimum absolute atomic E-state index is 0.0443. The van der Waals surface area contributed by atoms with E-state index in [4.69, 9.17) is 4.74 Å². The fourth-order valence-electron chi connectivity index (χ4n) is 3.76. The Bertz CT molecular complexity index is 1580. The molecule has 8 nitrogen and oxygen atoms in total. The molecule has 0 radical (unpaired) electrons. The van der Waals surface area contributed by atoms with E-state index in [9.17, 15) is 18.0 Å². The van der Waals surface area contributed by atoms with Gasteiger partial charge in [-0.2, -0.15) is 0 Å². The summed E-state index contributed by atoms with van der Waals surface area (Å²) in [5, 5.41) is 5.57. The van der Waals surface area contributed by atoms with Gasteiger partial charge in [-0.25, -0.2) is 8.42 Å². The number of carbonyl (C=O) groups excluding carboxylic acids is 2. The van der Waals surface area contributed by atoms with Gasteiger partial charge in [0.25, 0.3) is 21.8 Å². The van der Waals surface area contributed by atoms with Crippen molar-refractivity contribution < 1.29 is 22.7 Å². The van der Waals surface area contributed by atoms with Gasteiger partial charge in [0.15, 0.2) is 0 Å². The Hall–Kier alpha value is -4.63. The van der Waals surface area contributed by atoms with Crippen LogP contribution in [-0.4, -0.2) is 26.8 Å². The number of anilines is 3. The molecule has 0 atom stereocenters. The number of carbonyl (C=O) groups is 2. The summed E-state index contributed by atoms with van der Waals surface area (Å²) in [5.41, 5.74) is 4.17. The second-order valence-electron chi connectivity index (χ2n) is 8.82. The molecule has 4 rings (SSSR count). The largest absolute Gasteiger partial charge is 0.494 e. The average Bonchev–Trinajstić information content (AvgIpc) is 2.93. The Morgan fingerprint density at radius 1 is 0.718 bits per heavy atom. The van der Waals surface area contributed by atoms with E-state index in [0.717, 1.165) is 16.9 Å². The number of aryl methyl sites for hydroxylation is 1. The monoisotopic (exact) mass is 543 g/mol. The fourth-order valence-corrected chi connectivity index (χ4v) is 4.89. The van der Waals surface area contributed by atoms with Crippen LogP contribution in [-0.2, 0) is 10.0 Å². The highest BCUT2D eigenvalue weighted by Crippen LogP contribution is 2.23. The SMILES string of the molecule is CCOc1ccc(NC(=O)c2ccc(NC(=O)c3ccc(S(=O)(=O)Nc4cccc(C)c4C)cc3)cc2)cc1. The molecule has 3 N–H and O–H groups in total. The number of amides is 2. The van der Waals surface area contributed by atoms with Crippen molar-refractivity contribution in [3.63, 3.8) is 0 Å². The number of nitrogens with one attached hydrogen (secondary N) is 3. The average molecular weight is 544 g/mol. The fraction of sp³-hybridized carbons (Fsp3) is 0.133. The summed E-state index contributed by atoms with van der Waals surface area (Å²) in [6.07, 6.45) is 0. The van der Waals surface area contributed by atoms with Gasteiger partial charge >= 0.3 is 0 Å². The van der Waals surface area contributed by atoms with E-state index in [1.807, 2.05) is 26.8 Å². The molecule has 0 aliphatic heterocycles. The second-order valence-corrected chi connectivity index (χ2v) is 10.5. The summed E-state index contributed by atoms with van der Waals surface area (Å²) >= 11 is 0. The molecule has 0 bridgehead atoms. The molecule has 2 amide bonds. The predicted molar refractivity (Wildman–Crippen MR) is 153 cm³/mol. The van der Waals surface area contributed by atoms with Crippen LogP contribution in [0.3, 0.4) is 0 Å². The zero-order chi connectivity index (χ0) is 28.0. The minimum Gasteiger partial charge on any atom is -0.494 e. The molecular weight excluding hydrogens is 514 g/mol. The maximum Gasteiger partial charge on any atom is 0.261 e. The lowest BCUT2D eigenvalue weighted by Crippen LogP contribution is -2.15. The van der Waals surface area contributed by atoms with Crippen LogP contribution < -0.4 is 20.1 Å². The van der Waals surface area contributed by atoms with Gasteiger partial charge < -0.3 is 15.4 Å². The van der Waals surface area contributed by atoms with Crippen molar-refractivity contribution in [2.24, 2.45) is 0 Å². The lowest BCUT2D eigenvalue weighted by Gasteiger charge is -2.12. The molecule has 4 aromatic rings. The van der Waals surface area contributed by atoms with Crippen LogP contribution in [0.15, 0.2) is 95.9 Å². The van der Waals surface area contributed by atoms with Crippen molar-refractivity contribution in [1.29, 1.82) is 0 Å². The number of hydrogen-bond donors (Lipinski definition) is 3. The van der Waals surface area contributed by atoms with Crippen molar-refractivity contribution >= 4 is 38.9 Å². The van der Waals surface area contributed by atoms with Gasteiger partial charge in [0.05, 0.1) is 17.2 Å². The Kier molecular flexibility index (Phi) is 8.31. The van der Waals surface area contributed by atoms with Crippen molar-refractivity contribution in [1.82, 2.24) is 0 Å². The van der Waals surface area contributed by atoms with Crippen LogP contribution in [0.2, 0.25) is 0 Å². The van der Waals surface area contributed by atoms with E-state index >= 15 is 0 Å². The number of benzene rings is 4. The highest BCUT2D eigenvalue weighted by molar-refractivity contribution is 7.92. The van der Waals surface area contributed by atoms with E-state index in [-0.39, 0.29) is 16.4 Å². The molecule has 0 saturated heterocycles. The first kappa shape index (κ1) is 27.4. The van der Waals surface area contributed by atoms with Crippen LogP contribution in [0.4, 0.5) is 17.1 Å². The summed E-state index contributed by atoms with van der Waals surface area (Å²) in [6.45, 7) is 6.22. The molecule has 0 saturated carbocycles. The third kappa shape index (κ3) is 6.82. The second kappa shape index (κ2) is 11.8. The number of sulfonamides is 1. The summed E-state index contributed by atoms with van der Waals surface area (Å²) in [5.74, 6) is 0.0252. The van der Waals surface area contributed by atoms with E-state index < -0.39 is 15.9 Å². The molecule has 0 spiro atoms. The quantitative estimate of drug-likeness (QED) is 0.239. The lowest BCUT2D eigenvalue weighted by atomic mass is 10.1. The van der Waals surface area contributed by atoms with Crippen molar-refractivity contribution in [3.05, 3.63) is 113 Å². The van der Waals surface area contributed by atoms with Crippen molar-refractivity contribution in [2.75, 3.05) is 22.0 Å². The molecule has 9 heteroatoms. The molecule has 0 aliphatic carbocycles. The van der Waals surface area contributed by atoms with Gasteiger partial charge in [0.1, 0.15) is 5.75 Å². The summed E-state index contributed by atoms with van der Waals surface area (Å²) < 4.78 is 33.7. The summed E-state index contributed by atoms with van der Waals surface area (Å²) in [6, 6.07) is 24.6. The number of ether oxygens (including phenoxy) is 1. The zero-order valence-electron chi connectivity index (χ0n) is 21.8. The van der Waals surface area contributed by atoms with Crippen LogP contribution in [0.5, 0.6) is 5.75 Å². The summed E-state index contributed by atoms with van der Waals surface area (Å²) in [7, 11) is -3.82. The molecule has 39 heavy (non-hydrogen) atoms. The van der Waals surface area contributed by atoms with Gasteiger partial charge in [0.2, 0.25) is 0 Å². The molecular formula is C30H29N3O5S. The number of rotatable bonds is 9. The number of hydrogen-bond acceptors (Lipinski definition) is 5. The standard InChI is InChI=1S/C30H29N3O5S/c1-4-38-26-16-14-25(15-17-26)32-29(34)22-8-12-24(13-9-22)31-30(35)23-10-18-27(19-11-23)39(36,37)33-28-7-5-6-20(2)21(28)3/h5-19,33H,4H2,1-3H3,(H,31,35)(H,32,34). The van der Waals surface area contributed by atoms with E-state index in [0.29, 0.717) is 29.2 Å². The molecule has 0 heterocycles. The van der Waals surface area contributed by atoms with Gasteiger partial charge in [-0.15, -0.1) is 0 Å². The normalized spacial score (nSPS) is 10.9. The van der Waals surface area contributed by atoms with Gasteiger partial charge in [-0.3, -0.25) is 14.3 Å². The van der Waals surface area contributed by atoms with Gasteiger partial charge in [0, 0.05) is 22.5 Å². The van der Waals surface area contributed by atoms with Crippen molar-refractivity contribution in [2.45, 2.75) is 25.7 Å². The Balaban J connectivity index is 1.37. The Labute approximate surface area is 228 Å². The predicted octanol–water partition coefficient (Wildman–Crippen LogP) is 6.01. The molecule has 4 aromatic carbocycles. The smallest absolute Gasteiger partial charge is 0.261 e. The molecule has 200 valence electrons. The maximum absolute atomic E-state index is 12.8. The molecule has 0 fully saturated rings. The lowest BCUT2D eigenvalue weighted by molar-refractivity contribution is 0.102. The van der Waals surface area contributed by atoms with Crippen molar-refractivity contribution in [3.8, 4) is 5.75 Å². The van der Waals surface area contributed by atoms with E-state index in [1.54, 1.807) is 60.7 Å².